The molecule has 0 radical (unpaired) electrons. The van der Waals surface area contributed by atoms with Crippen molar-refractivity contribution in [1.29, 1.82) is 0 Å². The standard InChI is InChI=1S/C10H7F3N2O2/c1-4-14-7-3-5(9(16)17)2-6(8(7)15-4)10(11,12)13/h2-3H,1H3,(H,14,15)(H,16,17). The summed E-state index contributed by atoms with van der Waals surface area (Å²) in [6.45, 7) is 1.50. The Morgan fingerprint density at radius 1 is 1.41 bits per heavy atom. The van der Waals surface area contributed by atoms with Gasteiger partial charge in [0.25, 0.3) is 0 Å². The topological polar surface area (TPSA) is 66.0 Å². The molecule has 0 spiro atoms. The average molecular weight is 244 g/mol. The van der Waals surface area contributed by atoms with Crippen LogP contribution in [-0.4, -0.2) is 21.0 Å². The van der Waals surface area contributed by atoms with Crippen LogP contribution in [-0.2, 0) is 6.18 Å². The van der Waals surface area contributed by atoms with Gasteiger partial charge < -0.3 is 10.1 Å². The smallest absolute Gasteiger partial charge is 0.418 e. The largest absolute Gasteiger partial charge is 0.478 e. The predicted octanol–water partition coefficient (Wildman–Crippen LogP) is 2.59. The summed E-state index contributed by atoms with van der Waals surface area (Å²) in [7, 11) is 0. The highest BCUT2D eigenvalue weighted by Crippen LogP contribution is 2.34. The van der Waals surface area contributed by atoms with Gasteiger partial charge in [-0.1, -0.05) is 0 Å². The number of fused-ring (bicyclic) bond motifs is 1. The van der Waals surface area contributed by atoms with E-state index in [1.807, 2.05) is 0 Å². The van der Waals surface area contributed by atoms with Crippen molar-refractivity contribution >= 4 is 17.0 Å². The molecule has 0 bridgehead atoms. The minimum atomic E-state index is -4.62. The van der Waals surface area contributed by atoms with Gasteiger partial charge >= 0.3 is 12.1 Å². The van der Waals surface area contributed by atoms with E-state index >= 15 is 0 Å². The fraction of sp³-hybridized carbons (Fsp3) is 0.200. The van der Waals surface area contributed by atoms with Gasteiger partial charge in [-0.2, -0.15) is 13.2 Å². The zero-order valence-corrected chi connectivity index (χ0v) is 8.59. The molecule has 1 heterocycles. The first kappa shape index (κ1) is 11.4. The van der Waals surface area contributed by atoms with Crippen LogP contribution in [0.3, 0.4) is 0 Å². The summed E-state index contributed by atoms with van der Waals surface area (Å²) in [6.07, 6.45) is -4.62. The molecule has 0 aliphatic rings. The lowest BCUT2D eigenvalue weighted by Gasteiger charge is -2.08. The van der Waals surface area contributed by atoms with E-state index in [9.17, 15) is 18.0 Å². The number of carbonyl (C=O) groups is 1. The van der Waals surface area contributed by atoms with E-state index in [1.165, 1.54) is 6.92 Å². The second kappa shape index (κ2) is 3.47. The maximum absolute atomic E-state index is 12.7. The van der Waals surface area contributed by atoms with Crippen LogP contribution >= 0.6 is 0 Å². The first-order valence-electron chi connectivity index (χ1n) is 4.60. The number of aromatic nitrogens is 2. The van der Waals surface area contributed by atoms with E-state index in [2.05, 4.69) is 9.97 Å². The van der Waals surface area contributed by atoms with Crippen LogP contribution < -0.4 is 0 Å². The maximum atomic E-state index is 12.7. The molecule has 2 aromatic rings. The molecule has 1 aromatic heterocycles. The monoisotopic (exact) mass is 244 g/mol. The molecule has 4 nitrogen and oxygen atoms in total. The van der Waals surface area contributed by atoms with Crippen molar-refractivity contribution in [2.24, 2.45) is 0 Å². The van der Waals surface area contributed by atoms with E-state index in [-0.39, 0.29) is 11.0 Å². The number of aromatic amines is 1. The Balaban J connectivity index is 2.82. The van der Waals surface area contributed by atoms with Crippen molar-refractivity contribution in [3.63, 3.8) is 0 Å². The number of carboxylic acid groups (broad SMARTS) is 1. The number of hydrogen-bond donors (Lipinski definition) is 2. The molecule has 1 aromatic carbocycles. The molecule has 90 valence electrons. The number of rotatable bonds is 1. The Labute approximate surface area is 93.1 Å². The van der Waals surface area contributed by atoms with Crippen LogP contribution in [0.25, 0.3) is 11.0 Å². The number of alkyl halides is 3. The second-order valence-electron chi connectivity index (χ2n) is 3.54. The van der Waals surface area contributed by atoms with Crippen molar-refractivity contribution < 1.29 is 23.1 Å². The van der Waals surface area contributed by atoms with Gasteiger partial charge in [-0.15, -0.1) is 0 Å². The summed E-state index contributed by atoms with van der Waals surface area (Å²) in [5, 5.41) is 8.74. The second-order valence-corrected chi connectivity index (χ2v) is 3.54. The number of aromatic carboxylic acids is 1. The normalized spacial score (nSPS) is 12.0. The van der Waals surface area contributed by atoms with Gasteiger partial charge in [0.05, 0.1) is 22.2 Å². The van der Waals surface area contributed by atoms with Crippen LogP contribution in [0.15, 0.2) is 12.1 Å². The van der Waals surface area contributed by atoms with Crippen molar-refractivity contribution in [2.45, 2.75) is 13.1 Å². The summed E-state index contributed by atoms with van der Waals surface area (Å²) in [4.78, 5) is 17.0. The Hall–Kier alpha value is -2.05. The first-order chi connectivity index (χ1) is 7.79. The van der Waals surface area contributed by atoms with Crippen LogP contribution in [0, 0.1) is 6.92 Å². The summed E-state index contributed by atoms with van der Waals surface area (Å²) in [5.41, 5.74) is -1.65. The summed E-state index contributed by atoms with van der Waals surface area (Å²) >= 11 is 0. The highest BCUT2D eigenvalue weighted by Gasteiger charge is 2.34. The number of hydrogen-bond acceptors (Lipinski definition) is 2. The van der Waals surface area contributed by atoms with Gasteiger partial charge in [0.2, 0.25) is 0 Å². The zero-order valence-electron chi connectivity index (χ0n) is 8.59. The molecule has 7 heteroatoms. The molecule has 0 saturated carbocycles. The molecule has 0 unspecified atom stereocenters. The number of nitrogens with one attached hydrogen (secondary N) is 1. The average Bonchev–Trinajstić information content (AvgIpc) is 2.54. The SMILES string of the molecule is Cc1nc2cc(C(=O)O)cc(C(F)(F)F)c2[nH]1. The Kier molecular flexibility index (Phi) is 2.34. The molecule has 0 saturated heterocycles. The number of benzene rings is 1. The van der Waals surface area contributed by atoms with Gasteiger partial charge in [0.15, 0.2) is 0 Å². The van der Waals surface area contributed by atoms with Gasteiger partial charge in [-0.25, -0.2) is 9.78 Å². The summed E-state index contributed by atoms with van der Waals surface area (Å²) < 4.78 is 38.2. The summed E-state index contributed by atoms with van der Waals surface area (Å²) in [5.74, 6) is -1.12. The Bertz CT molecular complexity index is 601. The number of aryl methyl sites for hydroxylation is 1. The minimum Gasteiger partial charge on any atom is -0.478 e. The van der Waals surface area contributed by atoms with Gasteiger partial charge in [0.1, 0.15) is 5.82 Å². The van der Waals surface area contributed by atoms with Crippen LogP contribution in [0.1, 0.15) is 21.7 Å². The molecule has 2 rings (SSSR count). The minimum absolute atomic E-state index is 0.00488. The molecular formula is C10H7F3N2O2. The summed E-state index contributed by atoms with van der Waals surface area (Å²) in [6, 6.07) is 1.71. The highest BCUT2D eigenvalue weighted by atomic mass is 19.4. The van der Waals surface area contributed by atoms with Gasteiger partial charge in [-0.3, -0.25) is 0 Å². The Morgan fingerprint density at radius 3 is 2.59 bits per heavy atom. The van der Waals surface area contributed by atoms with E-state index in [0.29, 0.717) is 11.9 Å². The Morgan fingerprint density at radius 2 is 2.06 bits per heavy atom. The fourth-order valence-electron chi connectivity index (χ4n) is 1.58. The van der Waals surface area contributed by atoms with Crippen molar-refractivity contribution in [1.82, 2.24) is 9.97 Å². The molecule has 0 atom stereocenters. The maximum Gasteiger partial charge on any atom is 0.418 e. The third-order valence-electron chi connectivity index (χ3n) is 2.26. The molecule has 0 amide bonds. The van der Waals surface area contributed by atoms with E-state index in [4.69, 9.17) is 5.11 Å². The van der Waals surface area contributed by atoms with Crippen LogP contribution in [0.4, 0.5) is 13.2 Å². The van der Waals surface area contributed by atoms with Crippen molar-refractivity contribution in [3.05, 3.63) is 29.1 Å². The highest BCUT2D eigenvalue weighted by molar-refractivity contribution is 5.93. The molecular weight excluding hydrogens is 237 g/mol. The number of imidazole rings is 1. The lowest BCUT2D eigenvalue weighted by Crippen LogP contribution is -2.08. The number of nitrogens with zero attached hydrogens (tertiary/aromatic N) is 1. The van der Waals surface area contributed by atoms with E-state index in [1.54, 1.807) is 0 Å². The zero-order chi connectivity index (χ0) is 12.8. The molecule has 0 fully saturated rings. The lowest BCUT2D eigenvalue weighted by atomic mass is 10.1. The van der Waals surface area contributed by atoms with Crippen LogP contribution in [0.2, 0.25) is 0 Å². The third kappa shape index (κ3) is 1.95. The van der Waals surface area contributed by atoms with Crippen LogP contribution in [0.5, 0.6) is 0 Å². The molecule has 0 aliphatic heterocycles. The molecule has 17 heavy (non-hydrogen) atoms. The van der Waals surface area contributed by atoms with E-state index in [0.717, 1.165) is 6.07 Å². The first-order valence-corrected chi connectivity index (χ1v) is 4.60. The fourth-order valence-corrected chi connectivity index (χ4v) is 1.58. The lowest BCUT2D eigenvalue weighted by molar-refractivity contribution is -0.136. The van der Waals surface area contributed by atoms with Gasteiger partial charge in [-0.05, 0) is 19.1 Å². The van der Waals surface area contributed by atoms with Gasteiger partial charge in [0, 0.05) is 0 Å². The number of halogens is 3. The van der Waals surface area contributed by atoms with Crippen molar-refractivity contribution in [2.75, 3.05) is 0 Å². The third-order valence-corrected chi connectivity index (χ3v) is 2.26. The van der Waals surface area contributed by atoms with E-state index < -0.39 is 23.3 Å². The molecule has 0 aliphatic carbocycles. The predicted molar refractivity (Wildman–Crippen MR) is 52.8 cm³/mol. The number of H-pyrrole nitrogens is 1. The van der Waals surface area contributed by atoms with Crippen molar-refractivity contribution in [3.8, 4) is 0 Å². The quantitative estimate of drug-likeness (QED) is 0.810. The molecule has 2 N–H and O–H groups in total. The number of carboxylic acids is 1.